The van der Waals surface area contributed by atoms with Crippen LogP contribution in [-0.2, 0) is 6.42 Å². The third-order valence-electron chi connectivity index (χ3n) is 3.46. The molecule has 0 aliphatic rings. The molecule has 0 saturated carbocycles. The van der Waals surface area contributed by atoms with Crippen LogP contribution in [0.2, 0.25) is 0 Å². The first-order valence-electron chi connectivity index (χ1n) is 7.19. The highest BCUT2D eigenvalue weighted by molar-refractivity contribution is 7.11. The molecule has 0 spiro atoms. The number of rotatable bonds is 7. The number of ether oxygens (including phenoxy) is 1. The maximum Gasteiger partial charge on any atom is 0.118 e. The number of aliphatic hydroxyl groups excluding tert-OH is 1. The number of methoxy groups -OCH3 is 1. The Morgan fingerprint density at radius 1 is 1.19 bits per heavy atom. The largest absolute Gasteiger partial charge is 0.497 e. The molecule has 1 aromatic heterocycles. The van der Waals surface area contributed by atoms with E-state index in [9.17, 15) is 5.11 Å². The molecule has 21 heavy (non-hydrogen) atoms. The van der Waals surface area contributed by atoms with Crippen LogP contribution < -0.4 is 10.1 Å². The van der Waals surface area contributed by atoms with Crippen LogP contribution >= 0.6 is 11.3 Å². The lowest BCUT2D eigenvalue weighted by Crippen LogP contribution is -2.31. The second-order valence-electron chi connectivity index (χ2n) is 5.31. The Kier molecular flexibility index (Phi) is 5.79. The van der Waals surface area contributed by atoms with Crippen molar-refractivity contribution in [3.05, 3.63) is 51.7 Å². The Balaban J connectivity index is 1.80. The van der Waals surface area contributed by atoms with E-state index in [0.29, 0.717) is 12.6 Å². The molecule has 4 heteroatoms. The fourth-order valence-corrected chi connectivity index (χ4v) is 3.24. The highest BCUT2D eigenvalue weighted by atomic mass is 32.1. The summed E-state index contributed by atoms with van der Waals surface area (Å²) in [5, 5.41) is 13.6. The van der Waals surface area contributed by atoms with Gasteiger partial charge in [0.25, 0.3) is 0 Å². The second kappa shape index (κ2) is 7.59. The van der Waals surface area contributed by atoms with Gasteiger partial charge in [-0.1, -0.05) is 12.1 Å². The lowest BCUT2D eigenvalue weighted by atomic mass is 10.1. The van der Waals surface area contributed by atoms with E-state index in [-0.39, 0.29) is 0 Å². The minimum Gasteiger partial charge on any atom is -0.497 e. The van der Waals surface area contributed by atoms with Crippen molar-refractivity contribution in [3.8, 4) is 5.75 Å². The maximum atomic E-state index is 10.2. The third kappa shape index (κ3) is 4.84. The molecule has 0 saturated heterocycles. The Labute approximate surface area is 130 Å². The summed E-state index contributed by atoms with van der Waals surface area (Å²) in [7, 11) is 1.64. The predicted octanol–water partition coefficient (Wildman–Crippen LogP) is 3.32. The Bertz CT molecular complexity index is 550. The molecule has 114 valence electrons. The summed E-state index contributed by atoms with van der Waals surface area (Å²) in [6, 6.07) is 12.2. The number of thiophene rings is 1. The van der Waals surface area contributed by atoms with Gasteiger partial charge >= 0.3 is 0 Å². The van der Waals surface area contributed by atoms with Gasteiger partial charge < -0.3 is 15.2 Å². The summed E-state index contributed by atoms with van der Waals surface area (Å²) in [5.41, 5.74) is 0.905. The van der Waals surface area contributed by atoms with Crippen molar-refractivity contribution in [2.75, 3.05) is 13.7 Å². The number of hydrogen-bond acceptors (Lipinski definition) is 4. The summed E-state index contributed by atoms with van der Waals surface area (Å²) < 4.78 is 5.12. The fourth-order valence-electron chi connectivity index (χ4n) is 2.23. The SMILES string of the molecule is COc1ccc(C(O)CNC(C)Cc2ccc(C)s2)cc1. The average Bonchev–Trinajstić information content (AvgIpc) is 2.90. The van der Waals surface area contributed by atoms with E-state index < -0.39 is 6.10 Å². The molecule has 2 N–H and O–H groups in total. The number of benzene rings is 1. The van der Waals surface area contributed by atoms with Crippen molar-refractivity contribution < 1.29 is 9.84 Å². The molecule has 2 atom stereocenters. The van der Waals surface area contributed by atoms with Gasteiger partial charge in [-0.2, -0.15) is 0 Å². The van der Waals surface area contributed by atoms with Gasteiger partial charge in [-0.25, -0.2) is 0 Å². The summed E-state index contributed by atoms with van der Waals surface area (Å²) in [4.78, 5) is 2.72. The zero-order valence-electron chi connectivity index (χ0n) is 12.8. The molecule has 0 aliphatic heterocycles. The van der Waals surface area contributed by atoms with E-state index in [1.807, 2.05) is 35.6 Å². The van der Waals surface area contributed by atoms with Gasteiger partial charge in [0.1, 0.15) is 5.75 Å². The van der Waals surface area contributed by atoms with E-state index in [0.717, 1.165) is 17.7 Å². The highest BCUT2D eigenvalue weighted by Gasteiger charge is 2.10. The first-order valence-corrected chi connectivity index (χ1v) is 8.01. The van der Waals surface area contributed by atoms with Crippen LogP contribution in [0.25, 0.3) is 0 Å². The minimum atomic E-state index is -0.497. The van der Waals surface area contributed by atoms with Gasteiger partial charge in [-0.3, -0.25) is 0 Å². The highest BCUT2D eigenvalue weighted by Crippen LogP contribution is 2.18. The molecule has 0 radical (unpaired) electrons. The first kappa shape index (κ1) is 16.0. The summed E-state index contributed by atoms with van der Waals surface area (Å²) in [6.07, 6.45) is 0.497. The molecule has 0 amide bonds. The molecule has 2 rings (SSSR count). The average molecular weight is 305 g/mol. The van der Waals surface area contributed by atoms with Crippen LogP contribution in [0.3, 0.4) is 0 Å². The van der Waals surface area contributed by atoms with Gasteiger partial charge in [-0.15, -0.1) is 11.3 Å². The lowest BCUT2D eigenvalue weighted by molar-refractivity contribution is 0.170. The predicted molar refractivity (Wildman–Crippen MR) is 88.2 cm³/mol. The second-order valence-corrected chi connectivity index (χ2v) is 6.69. The van der Waals surface area contributed by atoms with Crippen molar-refractivity contribution in [2.45, 2.75) is 32.4 Å². The van der Waals surface area contributed by atoms with Crippen LogP contribution in [0.15, 0.2) is 36.4 Å². The van der Waals surface area contributed by atoms with Crippen LogP contribution in [0.5, 0.6) is 5.75 Å². The topological polar surface area (TPSA) is 41.5 Å². The van der Waals surface area contributed by atoms with Gasteiger partial charge in [-0.05, 0) is 50.1 Å². The molecule has 0 bridgehead atoms. The van der Waals surface area contributed by atoms with Gasteiger partial charge in [0.05, 0.1) is 13.2 Å². The molecule has 1 heterocycles. The molecule has 0 fully saturated rings. The van der Waals surface area contributed by atoms with E-state index in [2.05, 4.69) is 31.3 Å². The molecule has 0 aliphatic carbocycles. The third-order valence-corrected chi connectivity index (χ3v) is 4.49. The smallest absolute Gasteiger partial charge is 0.118 e. The summed E-state index contributed by atoms with van der Waals surface area (Å²) in [5.74, 6) is 0.806. The van der Waals surface area contributed by atoms with Crippen LogP contribution in [0, 0.1) is 6.92 Å². The Morgan fingerprint density at radius 3 is 2.48 bits per heavy atom. The van der Waals surface area contributed by atoms with Crippen LogP contribution in [-0.4, -0.2) is 24.8 Å². The van der Waals surface area contributed by atoms with Crippen molar-refractivity contribution in [1.29, 1.82) is 0 Å². The molecule has 2 unspecified atom stereocenters. The summed E-state index contributed by atoms with van der Waals surface area (Å²) >= 11 is 1.83. The number of aryl methyl sites for hydroxylation is 1. The van der Waals surface area contributed by atoms with Crippen LogP contribution in [0.1, 0.15) is 28.3 Å². The Hall–Kier alpha value is -1.36. The number of nitrogens with one attached hydrogen (secondary N) is 1. The van der Waals surface area contributed by atoms with Gasteiger partial charge in [0.15, 0.2) is 0 Å². The van der Waals surface area contributed by atoms with Gasteiger partial charge in [0.2, 0.25) is 0 Å². The fraction of sp³-hybridized carbons (Fsp3) is 0.412. The monoisotopic (exact) mass is 305 g/mol. The maximum absolute atomic E-state index is 10.2. The van der Waals surface area contributed by atoms with E-state index >= 15 is 0 Å². The molecule has 2 aromatic rings. The number of aliphatic hydroxyl groups is 1. The van der Waals surface area contributed by atoms with Crippen molar-refractivity contribution in [1.82, 2.24) is 5.32 Å². The van der Waals surface area contributed by atoms with Gasteiger partial charge in [0, 0.05) is 22.3 Å². The minimum absolute atomic E-state index is 0.343. The van der Waals surface area contributed by atoms with E-state index in [1.54, 1.807) is 7.11 Å². The van der Waals surface area contributed by atoms with E-state index in [1.165, 1.54) is 9.75 Å². The zero-order valence-corrected chi connectivity index (χ0v) is 13.6. The standard InChI is InChI=1S/C17H23NO2S/c1-12(10-16-9-4-13(2)21-16)18-11-17(19)14-5-7-15(20-3)8-6-14/h4-9,12,17-19H,10-11H2,1-3H3. The van der Waals surface area contributed by atoms with Crippen molar-refractivity contribution in [3.63, 3.8) is 0 Å². The first-order chi connectivity index (χ1) is 10.1. The molecule has 1 aromatic carbocycles. The molecule has 3 nitrogen and oxygen atoms in total. The quantitative estimate of drug-likeness (QED) is 0.824. The number of hydrogen-bond donors (Lipinski definition) is 2. The zero-order chi connectivity index (χ0) is 15.2. The van der Waals surface area contributed by atoms with E-state index in [4.69, 9.17) is 4.74 Å². The van der Waals surface area contributed by atoms with Crippen LogP contribution in [0.4, 0.5) is 0 Å². The molecular formula is C17H23NO2S. The molecular weight excluding hydrogens is 282 g/mol. The normalized spacial score (nSPS) is 13.9. The van der Waals surface area contributed by atoms with Crippen molar-refractivity contribution in [2.24, 2.45) is 0 Å². The Morgan fingerprint density at radius 2 is 1.90 bits per heavy atom. The van der Waals surface area contributed by atoms with Crippen molar-refractivity contribution >= 4 is 11.3 Å². The summed E-state index contributed by atoms with van der Waals surface area (Å²) in [6.45, 7) is 4.83. The lowest BCUT2D eigenvalue weighted by Gasteiger charge is -2.17.